The summed E-state index contributed by atoms with van der Waals surface area (Å²) in [6.45, 7) is 6.79. The van der Waals surface area contributed by atoms with E-state index in [9.17, 15) is 4.79 Å². The van der Waals surface area contributed by atoms with Crippen LogP contribution in [-0.4, -0.2) is 21.1 Å². The number of ether oxygens (including phenoxy) is 1. The maximum absolute atomic E-state index is 13.1. The lowest BCUT2D eigenvalue weighted by atomic mass is 9.59. The van der Waals surface area contributed by atoms with Crippen LogP contribution in [0.4, 0.5) is 0 Å². The van der Waals surface area contributed by atoms with Crippen molar-refractivity contribution in [1.82, 2.24) is 4.98 Å². The Labute approximate surface area is 182 Å². The first-order valence-corrected chi connectivity index (χ1v) is 11.9. The summed E-state index contributed by atoms with van der Waals surface area (Å²) in [4.78, 5) is 18.1. The molecule has 0 saturated heterocycles. The molecule has 2 aliphatic carbocycles. The lowest BCUT2D eigenvalue weighted by Gasteiger charge is -2.55. The predicted octanol–water partition coefficient (Wildman–Crippen LogP) is 6.32. The summed E-state index contributed by atoms with van der Waals surface area (Å²) < 4.78 is 6.45. The van der Waals surface area contributed by atoms with Crippen LogP contribution in [-0.2, 0) is 9.53 Å². The normalized spacial score (nSPS) is 31.8. The number of hydrogen-bond acceptors (Lipinski definition) is 4. The first-order chi connectivity index (χ1) is 14.4. The highest BCUT2D eigenvalue weighted by molar-refractivity contribution is 8.01. The van der Waals surface area contributed by atoms with Crippen LogP contribution >= 0.6 is 11.8 Å². The lowest BCUT2D eigenvalue weighted by molar-refractivity contribution is -0.121. The Hall–Kier alpha value is -2.07. The van der Waals surface area contributed by atoms with Crippen molar-refractivity contribution in [2.24, 2.45) is 11.8 Å². The maximum Gasteiger partial charge on any atom is 0.162 e. The Balaban J connectivity index is 1.57. The van der Waals surface area contributed by atoms with E-state index >= 15 is 0 Å². The molecule has 4 heteroatoms. The van der Waals surface area contributed by atoms with Crippen molar-refractivity contribution in [1.29, 1.82) is 0 Å². The largest absolute Gasteiger partial charge is 0.491 e. The molecular weight excluding hydrogens is 390 g/mol. The summed E-state index contributed by atoms with van der Waals surface area (Å²) in [7, 11) is 0. The second-order valence-corrected chi connectivity index (χ2v) is 11.4. The van der Waals surface area contributed by atoms with E-state index in [4.69, 9.17) is 9.72 Å². The average Bonchev–Trinajstić information content (AvgIpc) is 2.69. The van der Waals surface area contributed by atoms with E-state index in [1.807, 2.05) is 11.8 Å². The molecule has 30 heavy (non-hydrogen) atoms. The number of ketones is 1. The van der Waals surface area contributed by atoms with E-state index in [0.29, 0.717) is 18.1 Å². The van der Waals surface area contributed by atoms with Gasteiger partial charge in [0.15, 0.2) is 5.78 Å². The van der Waals surface area contributed by atoms with E-state index < -0.39 is 0 Å². The molecule has 2 aliphatic heterocycles. The molecule has 0 bridgehead atoms. The molecular formula is C26H27NO2S. The van der Waals surface area contributed by atoms with Crippen LogP contribution in [0.5, 0.6) is 0 Å². The first kappa shape index (κ1) is 18.7. The van der Waals surface area contributed by atoms with Gasteiger partial charge in [-0.05, 0) is 57.7 Å². The van der Waals surface area contributed by atoms with Crippen molar-refractivity contribution < 1.29 is 9.53 Å². The van der Waals surface area contributed by atoms with Gasteiger partial charge in [-0.15, -0.1) is 0 Å². The number of allylic oxidation sites excluding steroid dienone is 2. The Bertz CT molecular complexity index is 1160. The fraction of sp³-hybridized carbons (Fsp3) is 0.462. The highest BCUT2D eigenvalue weighted by Gasteiger charge is 2.55. The number of carbonyl (C=O) groups excluding carboxylic acids is 1. The minimum absolute atomic E-state index is 0.0210. The number of pyridine rings is 1. The van der Waals surface area contributed by atoms with Gasteiger partial charge < -0.3 is 4.74 Å². The molecule has 0 radical (unpaired) electrons. The van der Waals surface area contributed by atoms with Gasteiger partial charge in [-0.3, -0.25) is 4.79 Å². The zero-order valence-electron chi connectivity index (χ0n) is 17.8. The summed E-state index contributed by atoms with van der Waals surface area (Å²) in [6, 6.07) is 10.6. The Morgan fingerprint density at radius 3 is 2.87 bits per heavy atom. The number of para-hydroxylation sites is 1. The zero-order chi connectivity index (χ0) is 20.7. The molecule has 4 aliphatic rings. The van der Waals surface area contributed by atoms with Gasteiger partial charge >= 0.3 is 0 Å². The summed E-state index contributed by atoms with van der Waals surface area (Å²) in [5, 5.41) is 2.29. The Morgan fingerprint density at radius 2 is 2.00 bits per heavy atom. The summed E-state index contributed by atoms with van der Waals surface area (Å²) in [5.41, 5.74) is 4.41. The third kappa shape index (κ3) is 2.59. The molecule has 3 nitrogen and oxygen atoms in total. The molecule has 0 amide bonds. The van der Waals surface area contributed by atoms with Gasteiger partial charge in [-0.2, -0.15) is 0 Å². The van der Waals surface area contributed by atoms with Crippen LogP contribution in [0.15, 0.2) is 52.3 Å². The van der Waals surface area contributed by atoms with Crippen molar-refractivity contribution >= 4 is 34.5 Å². The van der Waals surface area contributed by atoms with Gasteiger partial charge in [0, 0.05) is 45.9 Å². The van der Waals surface area contributed by atoms with E-state index in [-0.39, 0.29) is 16.3 Å². The molecule has 0 N–H and O–H groups in total. The SMILES string of the molecule is CC12CCC3C(C1=Cc1cc4ccccc4nc1S2)C1=C(CCCC1=O)OC3(C)C. The number of nitrogens with zero attached hydrogens (tertiary/aromatic N) is 1. The topological polar surface area (TPSA) is 39.2 Å². The maximum atomic E-state index is 13.1. The zero-order valence-corrected chi connectivity index (χ0v) is 18.6. The van der Waals surface area contributed by atoms with E-state index in [1.165, 1.54) is 16.5 Å². The molecule has 3 unspecified atom stereocenters. The van der Waals surface area contributed by atoms with Crippen molar-refractivity contribution in [3.05, 3.63) is 52.8 Å². The molecule has 1 fully saturated rings. The molecule has 1 saturated carbocycles. The number of benzene rings is 1. The molecule has 154 valence electrons. The second kappa shape index (κ2) is 6.23. The average molecular weight is 418 g/mol. The molecule has 1 aromatic carbocycles. The van der Waals surface area contributed by atoms with Crippen LogP contribution < -0.4 is 0 Å². The lowest BCUT2D eigenvalue weighted by Crippen LogP contribution is -2.52. The molecule has 2 aromatic rings. The van der Waals surface area contributed by atoms with Gasteiger partial charge in [0.25, 0.3) is 0 Å². The van der Waals surface area contributed by atoms with Crippen LogP contribution in [0.2, 0.25) is 0 Å². The summed E-state index contributed by atoms with van der Waals surface area (Å²) in [6.07, 6.45) is 7.00. The molecule has 0 spiro atoms. The van der Waals surface area contributed by atoms with E-state index in [2.05, 4.69) is 57.2 Å². The monoisotopic (exact) mass is 417 g/mol. The standard InChI is InChI=1S/C26H27NO2S/c1-25(2)17-11-12-26(3)18(22(17)23-20(28)9-6-10-21(23)29-25)14-16-13-15-7-4-5-8-19(15)27-24(16)30-26/h4-5,7-8,13-14,17,22H,6,9-12H2,1-3H3. The highest BCUT2D eigenvalue weighted by Crippen LogP contribution is 2.61. The van der Waals surface area contributed by atoms with Crippen molar-refractivity contribution in [3.63, 3.8) is 0 Å². The number of hydrogen-bond donors (Lipinski definition) is 0. The van der Waals surface area contributed by atoms with Crippen LogP contribution in [0.3, 0.4) is 0 Å². The molecule has 6 rings (SSSR count). The second-order valence-electron chi connectivity index (χ2n) is 9.95. The minimum atomic E-state index is -0.240. The highest BCUT2D eigenvalue weighted by atomic mass is 32.2. The van der Waals surface area contributed by atoms with E-state index in [1.54, 1.807) is 0 Å². The van der Waals surface area contributed by atoms with Crippen LogP contribution in [0.1, 0.15) is 58.4 Å². The van der Waals surface area contributed by atoms with Gasteiger partial charge in [0.1, 0.15) is 16.4 Å². The quantitative estimate of drug-likeness (QED) is 0.502. The van der Waals surface area contributed by atoms with Crippen molar-refractivity contribution in [2.45, 2.75) is 68.2 Å². The number of Topliss-reactive ketones (excluding diaryl/α,β-unsaturated/α-hetero) is 1. The predicted molar refractivity (Wildman–Crippen MR) is 121 cm³/mol. The van der Waals surface area contributed by atoms with Crippen molar-refractivity contribution in [2.75, 3.05) is 0 Å². The smallest absolute Gasteiger partial charge is 0.162 e. The fourth-order valence-corrected chi connectivity index (χ4v) is 7.44. The number of aromatic nitrogens is 1. The molecule has 1 aromatic heterocycles. The third-order valence-electron chi connectivity index (χ3n) is 7.63. The van der Waals surface area contributed by atoms with Gasteiger partial charge in [-0.25, -0.2) is 4.98 Å². The van der Waals surface area contributed by atoms with E-state index in [0.717, 1.165) is 47.6 Å². The van der Waals surface area contributed by atoms with Gasteiger partial charge in [-0.1, -0.05) is 36.0 Å². The third-order valence-corrected chi connectivity index (χ3v) is 9.04. The fourth-order valence-electron chi connectivity index (χ4n) is 6.11. The van der Waals surface area contributed by atoms with Gasteiger partial charge in [0.05, 0.1) is 5.52 Å². The van der Waals surface area contributed by atoms with Crippen LogP contribution in [0, 0.1) is 11.8 Å². The summed E-state index contributed by atoms with van der Waals surface area (Å²) in [5.74, 6) is 1.78. The van der Waals surface area contributed by atoms with Crippen LogP contribution in [0.25, 0.3) is 17.0 Å². The Kier molecular flexibility index (Phi) is 3.88. The number of thioether (sulfide) groups is 1. The Morgan fingerprint density at radius 1 is 1.17 bits per heavy atom. The number of rotatable bonds is 0. The number of fused-ring (bicyclic) bond motifs is 6. The minimum Gasteiger partial charge on any atom is -0.491 e. The van der Waals surface area contributed by atoms with Gasteiger partial charge in [0.2, 0.25) is 0 Å². The summed E-state index contributed by atoms with van der Waals surface area (Å²) >= 11 is 1.90. The van der Waals surface area contributed by atoms with Crippen molar-refractivity contribution in [3.8, 4) is 0 Å². The molecule has 3 heterocycles. The molecule has 3 atom stereocenters. The first-order valence-electron chi connectivity index (χ1n) is 11.1. The number of carbonyl (C=O) groups is 1.